The molecule has 7 N–H and O–H groups in total. The molecule has 4 atom stereocenters. The molecular formula is C26H42Cl2N8O6. The Bertz CT molecular complexity index is 1010. The van der Waals surface area contributed by atoms with Crippen LogP contribution in [0, 0.1) is 10.1 Å². The number of esters is 1. The predicted molar refractivity (Wildman–Crippen MR) is 161 cm³/mol. The van der Waals surface area contributed by atoms with Crippen LogP contribution in [-0.4, -0.2) is 89.8 Å². The molecule has 0 saturated carbocycles. The summed E-state index contributed by atoms with van der Waals surface area (Å²) in [5, 5.41) is 15.1. The maximum Gasteiger partial charge on any atom is 0.328 e. The zero-order chi connectivity index (χ0) is 31.5. The number of nitro groups is 1. The highest BCUT2D eigenvalue weighted by atomic mass is 35.5. The number of ether oxygens (including phenoxy) is 1. The average molecular weight is 634 g/mol. The molecule has 0 aliphatic carbocycles. The number of halogens is 2. The van der Waals surface area contributed by atoms with E-state index in [0.29, 0.717) is 25.9 Å². The lowest BCUT2D eigenvalue weighted by molar-refractivity contribution is -0.525. The second kappa shape index (κ2) is 20.6. The number of nitrogens with one attached hydrogen (secondary N) is 3. The van der Waals surface area contributed by atoms with Gasteiger partial charge in [-0.3, -0.25) is 14.5 Å². The molecule has 4 unspecified atom stereocenters. The first-order chi connectivity index (χ1) is 20.1. The van der Waals surface area contributed by atoms with Crippen molar-refractivity contribution in [3.8, 4) is 0 Å². The molecule has 0 radical (unpaired) electrons. The minimum atomic E-state index is -1.12. The number of hydrogen-bond acceptors (Lipinski definition) is 9. The fourth-order valence-electron chi connectivity index (χ4n) is 4.26. The SMILES string of the molecule is CCCC(NC(=O)C(CCCN=C(N)N[N+](=O)[O-])NC(=O)C(N)C(c1ccccc1)N(CCCl)CCCl)C(=O)OCC. The maximum absolute atomic E-state index is 13.6. The fourth-order valence-corrected chi connectivity index (χ4v) is 4.69. The number of alkyl halides is 2. The Hall–Kier alpha value is -3.20. The molecule has 1 rings (SSSR count). The van der Waals surface area contributed by atoms with Crippen molar-refractivity contribution in [1.29, 1.82) is 0 Å². The number of carbonyl (C=O) groups excluding carboxylic acids is 3. The van der Waals surface area contributed by atoms with Crippen molar-refractivity contribution in [3.05, 3.63) is 46.0 Å². The molecule has 0 aliphatic rings. The Morgan fingerprint density at radius 3 is 2.21 bits per heavy atom. The van der Waals surface area contributed by atoms with Gasteiger partial charge >= 0.3 is 5.97 Å². The maximum atomic E-state index is 13.6. The molecule has 0 heterocycles. The molecule has 0 aliphatic heterocycles. The van der Waals surface area contributed by atoms with Gasteiger partial charge in [-0.1, -0.05) is 49.1 Å². The molecule has 236 valence electrons. The van der Waals surface area contributed by atoms with Crippen LogP contribution in [0.25, 0.3) is 0 Å². The van der Waals surface area contributed by atoms with Gasteiger partial charge in [0.25, 0.3) is 5.96 Å². The molecule has 0 aromatic heterocycles. The van der Waals surface area contributed by atoms with Crippen molar-refractivity contribution < 1.29 is 24.2 Å². The van der Waals surface area contributed by atoms with Crippen LogP contribution in [0.1, 0.15) is 51.1 Å². The zero-order valence-electron chi connectivity index (χ0n) is 24.0. The van der Waals surface area contributed by atoms with Gasteiger partial charge in [-0.25, -0.2) is 19.9 Å². The molecule has 14 nitrogen and oxygen atoms in total. The molecule has 2 amide bonds. The van der Waals surface area contributed by atoms with Crippen LogP contribution in [0.15, 0.2) is 35.3 Å². The standard InChI is InChI=1S/C26H42Cl2N8O6/c1-3-9-20(25(39)42-4-2)33-23(37)19(12-8-15-31-26(30)34-36(40)41)32-24(38)21(29)22(18-10-6-5-7-11-18)35(16-13-27)17-14-28/h5-7,10-11,19-22H,3-4,8-9,12-17,29H2,1-2H3,(H,32,38)(H,33,37)(H3,30,31,34). The van der Waals surface area contributed by atoms with Crippen molar-refractivity contribution in [2.45, 2.75) is 63.7 Å². The topological polar surface area (TPSA) is 207 Å². The first-order valence-corrected chi connectivity index (χ1v) is 14.8. The van der Waals surface area contributed by atoms with E-state index in [-0.39, 0.29) is 37.8 Å². The Morgan fingerprint density at radius 2 is 1.67 bits per heavy atom. The first kappa shape index (κ1) is 36.8. The molecule has 0 fully saturated rings. The van der Waals surface area contributed by atoms with Gasteiger partial charge in [0, 0.05) is 31.4 Å². The summed E-state index contributed by atoms with van der Waals surface area (Å²) in [5.41, 5.74) is 14.5. The lowest BCUT2D eigenvalue weighted by Crippen LogP contribution is -2.57. The number of rotatable bonds is 20. The lowest BCUT2D eigenvalue weighted by Gasteiger charge is -2.35. The number of nitrogens with zero attached hydrogens (tertiary/aromatic N) is 3. The number of hydrogen-bond donors (Lipinski definition) is 5. The van der Waals surface area contributed by atoms with Crippen molar-refractivity contribution >= 4 is 46.9 Å². The largest absolute Gasteiger partial charge is 0.464 e. The monoisotopic (exact) mass is 632 g/mol. The summed E-state index contributed by atoms with van der Waals surface area (Å²) in [4.78, 5) is 55.6. The van der Waals surface area contributed by atoms with Crippen LogP contribution < -0.4 is 27.5 Å². The van der Waals surface area contributed by atoms with E-state index in [1.54, 1.807) is 12.3 Å². The summed E-state index contributed by atoms with van der Waals surface area (Å²) in [6.45, 7) is 4.51. The number of carbonyl (C=O) groups is 3. The quantitative estimate of drug-likeness (QED) is 0.0262. The predicted octanol–water partition coefficient (Wildman–Crippen LogP) is 1.04. The van der Waals surface area contributed by atoms with Gasteiger partial charge in [-0.05, 0) is 31.7 Å². The highest BCUT2D eigenvalue weighted by Gasteiger charge is 2.34. The average Bonchev–Trinajstić information content (AvgIpc) is 2.94. The van der Waals surface area contributed by atoms with Gasteiger partial charge < -0.3 is 26.8 Å². The molecule has 1 aromatic rings. The number of benzene rings is 1. The zero-order valence-corrected chi connectivity index (χ0v) is 25.5. The third kappa shape index (κ3) is 13.2. The molecule has 0 saturated heterocycles. The minimum Gasteiger partial charge on any atom is -0.464 e. The molecule has 0 bridgehead atoms. The van der Waals surface area contributed by atoms with Crippen LogP contribution in [0.2, 0.25) is 0 Å². The molecule has 0 spiro atoms. The van der Waals surface area contributed by atoms with E-state index in [4.69, 9.17) is 39.4 Å². The second-order valence-electron chi connectivity index (χ2n) is 9.24. The van der Waals surface area contributed by atoms with Gasteiger partial charge in [-0.15, -0.1) is 23.2 Å². The van der Waals surface area contributed by atoms with Gasteiger partial charge in [0.05, 0.1) is 12.6 Å². The lowest BCUT2D eigenvalue weighted by atomic mass is 9.96. The van der Waals surface area contributed by atoms with Crippen LogP contribution in [-0.2, 0) is 19.1 Å². The Labute approximate surface area is 256 Å². The van der Waals surface area contributed by atoms with Crippen molar-refractivity contribution in [3.63, 3.8) is 0 Å². The van der Waals surface area contributed by atoms with Gasteiger partial charge in [-0.2, -0.15) is 0 Å². The van der Waals surface area contributed by atoms with Gasteiger partial charge in [0.1, 0.15) is 18.1 Å². The van der Waals surface area contributed by atoms with Crippen LogP contribution >= 0.6 is 23.2 Å². The summed E-state index contributed by atoms with van der Waals surface area (Å²) in [5.74, 6) is -1.65. The number of guanidine groups is 1. The third-order valence-electron chi connectivity index (χ3n) is 6.16. The van der Waals surface area contributed by atoms with E-state index < -0.39 is 52.9 Å². The Morgan fingerprint density at radius 1 is 1.05 bits per heavy atom. The normalized spacial score (nSPS) is 14.4. The van der Waals surface area contributed by atoms with E-state index in [2.05, 4.69) is 15.6 Å². The summed E-state index contributed by atoms with van der Waals surface area (Å²) in [7, 11) is 0. The number of hydrazine groups is 1. The van der Waals surface area contributed by atoms with Crippen molar-refractivity contribution in [2.24, 2.45) is 16.5 Å². The minimum absolute atomic E-state index is 0.0283. The fraction of sp³-hybridized carbons (Fsp3) is 0.615. The van der Waals surface area contributed by atoms with E-state index in [9.17, 15) is 24.5 Å². The third-order valence-corrected chi connectivity index (χ3v) is 6.50. The molecule has 42 heavy (non-hydrogen) atoms. The number of aliphatic imine (C=N–C) groups is 1. The summed E-state index contributed by atoms with van der Waals surface area (Å²) < 4.78 is 5.08. The highest BCUT2D eigenvalue weighted by molar-refractivity contribution is 6.18. The van der Waals surface area contributed by atoms with Gasteiger partial charge in [0.15, 0.2) is 5.03 Å². The summed E-state index contributed by atoms with van der Waals surface area (Å²) >= 11 is 12.1. The number of amides is 2. The van der Waals surface area contributed by atoms with E-state index >= 15 is 0 Å². The van der Waals surface area contributed by atoms with Crippen molar-refractivity contribution in [2.75, 3.05) is 38.0 Å². The van der Waals surface area contributed by atoms with E-state index in [0.717, 1.165) is 5.56 Å². The summed E-state index contributed by atoms with van der Waals surface area (Å²) in [6.07, 6.45) is 1.22. The van der Waals surface area contributed by atoms with Crippen LogP contribution in [0.4, 0.5) is 0 Å². The Balaban J connectivity index is 3.22. The smallest absolute Gasteiger partial charge is 0.328 e. The van der Waals surface area contributed by atoms with E-state index in [1.165, 1.54) is 0 Å². The van der Waals surface area contributed by atoms with Crippen molar-refractivity contribution in [1.82, 2.24) is 21.0 Å². The molecular weight excluding hydrogens is 591 g/mol. The molecule has 1 aromatic carbocycles. The summed E-state index contributed by atoms with van der Waals surface area (Å²) in [6, 6.07) is 5.43. The molecule has 16 heteroatoms. The number of nitrogens with two attached hydrogens (primary N) is 2. The first-order valence-electron chi connectivity index (χ1n) is 13.7. The van der Waals surface area contributed by atoms with E-state index in [1.807, 2.05) is 42.2 Å². The van der Waals surface area contributed by atoms with Gasteiger partial charge in [0.2, 0.25) is 11.8 Å². The van der Waals surface area contributed by atoms with Crippen LogP contribution in [0.3, 0.4) is 0 Å². The second-order valence-corrected chi connectivity index (χ2v) is 9.99. The van der Waals surface area contributed by atoms with Crippen LogP contribution in [0.5, 0.6) is 0 Å². The highest BCUT2D eigenvalue weighted by Crippen LogP contribution is 2.24. The Kier molecular flexibility index (Phi) is 18.1.